The van der Waals surface area contributed by atoms with Crippen LogP contribution >= 0.6 is 8.60 Å². The predicted molar refractivity (Wildman–Crippen MR) is 60.3 cm³/mol. The van der Waals surface area contributed by atoms with Crippen molar-refractivity contribution in [1.29, 1.82) is 0 Å². The lowest BCUT2D eigenvalue weighted by atomic mass is 10.4. The molecule has 0 fully saturated rings. The fraction of sp³-hybridized carbons (Fsp3) is 1.00. The number of hydrogen-bond donors (Lipinski definition) is 0. The largest absolute Gasteiger partial charge is 0.332 e. The van der Waals surface area contributed by atoms with Crippen molar-refractivity contribution in [2.24, 2.45) is 0 Å². The van der Waals surface area contributed by atoms with Crippen molar-refractivity contribution in [2.75, 3.05) is 19.8 Å². The molecule has 0 bridgehead atoms. The summed E-state index contributed by atoms with van der Waals surface area (Å²) in [6.45, 7) is 8.39. The molecule has 86 valence electrons. The first-order valence-corrected chi connectivity index (χ1v) is 6.63. The van der Waals surface area contributed by atoms with Crippen molar-refractivity contribution < 1.29 is 13.6 Å². The van der Waals surface area contributed by atoms with Crippen LogP contribution in [0, 0.1) is 0 Å². The van der Waals surface area contributed by atoms with E-state index in [2.05, 4.69) is 13.8 Å². The molecular formula is C10H23O3P. The van der Waals surface area contributed by atoms with Crippen LogP contribution in [0.4, 0.5) is 0 Å². The summed E-state index contributed by atoms with van der Waals surface area (Å²) in [6.07, 6.45) is 4.43. The number of unbranched alkanes of at least 4 members (excludes halogenated alkanes) is 2. The normalized spacial score (nSPS) is 11.1. The average Bonchev–Trinajstić information content (AvgIpc) is 2.18. The molecule has 0 N–H and O–H groups in total. The first-order valence-electron chi connectivity index (χ1n) is 5.54. The van der Waals surface area contributed by atoms with Gasteiger partial charge in [-0.25, -0.2) is 0 Å². The molecule has 14 heavy (non-hydrogen) atoms. The highest BCUT2D eigenvalue weighted by Crippen LogP contribution is 2.39. The van der Waals surface area contributed by atoms with Crippen LogP contribution in [0.25, 0.3) is 0 Å². The molecule has 0 radical (unpaired) electrons. The molecule has 0 aromatic heterocycles. The van der Waals surface area contributed by atoms with Crippen LogP contribution in [0.15, 0.2) is 0 Å². The van der Waals surface area contributed by atoms with Crippen molar-refractivity contribution in [3.8, 4) is 0 Å². The van der Waals surface area contributed by atoms with Crippen LogP contribution in [-0.4, -0.2) is 19.8 Å². The topological polar surface area (TPSA) is 27.7 Å². The standard InChI is InChI=1S/C10H23O3P/c1-4-7-9-12-14(11-6-3)13-10-8-5-2/h4-10H2,1-3H3. The van der Waals surface area contributed by atoms with Crippen molar-refractivity contribution in [2.45, 2.75) is 46.5 Å². The van der Waals surface area contributed by atoms with Gasteiger partial charge in [-0.05, 0) is 19.8 Å². The maximum atomic E-state index is 5.49. The minimum atomic E-state index is -1.08. The summed E-state index contributed by atoms with van der Waals surface area (Å²) < 4.78 is 16.3. The Morgan fingerprint density at radius 3 is 1.64 bits per heavy atom. The molecule has 0 rings (SSSR count). The van der Waals surface area contributed by atoms with Gasteiger partial charge in [-0.15, -0.1) is 0 Å². The summed E-state index contributed by atoms with van der Waals surface area (Å²) in [5.74, 6) is 0. The summed E-state index contributed by atoms with van der Waals surface area (Å²) in [5, 5.41) is 0. The summed E-state index contributed by atoms with van der Waals surface area (Å²) in [6, 6.07) is 0. The van der Waals surface area contributed by atoms with Crippen molar-refractivity contribution in [1.82, 2.24) is 0 Å². The van der Waals surface area contributed by atoms with Gasteiger partial charge in [-0.1, -0.05) is 26.7 Å². The predicted octanol–water partition coefficient (Wildman–Crippen LogP) is 3.88. The van der Waals surface area contributed by atoms with E-state index in [1.54, 1.807) is 0 Å². The molecule has 4 heteroatoms. The van der Waals surface area contributed by atoms with Crippen LogP contribution in [0.2, 0.25) is 0 Å². The Morgan fingerprint density at radius 2 is 1.29 bits per heavy atom. The summed E-state index contributed by atoms with van der Waals surface area (Å²) >= 11 is 0. The van der Waals surface area contributed by atoms with Crippen LogP contribution in [0.1, 0.15) is 46.5 Å². The molecule has 0 aromatic rings. The fourth-order valence-electron chi connectivity index (χ4n) is 0.784. The van der Waals surface area contributed by atoms with E-state index < -0.39 is 8.60 Å². The van der Waals surface area contributed by atoms with Gasteiger partial charge in [-0.2, -0.15) is 0 Å². The van der Waals surface area contributed by atoms with Crippen molar-refractivity contribution in [3.63, 3.8) is 0 Å². The number of hydrogen-bond acceptors (Lipinski definition) is 3. The lowest BCUT2D eigenvalue weighted by Gasteiger charge is -2.15. The maximum Gasteiger partial charge on any atom is 0.332 e. The van der Waals surface area contributed by atoms with E-state index in [-0.39, 0.29) is 0 Å². The van der Waals surface area contributed by atoms with Gasteiger partial charge in [0.25, 0.3) is 0 Å². The average molecular weight is 222 g/mol. The Labute approximate surface area is 89.1 Å². The molecule has 0 heterocycles. The Kier molecular flexibility index (Phi) is 11.6. The van der Waals surface area contributed by atoms with Gasteiger partial charge >= 0.3 is 8.60 Å². The van der Waals surface area contributed by atoms with Gasteiger partial charge in [0.2, 0.25) is 0 Å². The van der Waals surface area contributed by atoms with Gasteiger partial charge in [0, 0.05) is 0 Å². The molecule has 0 atom stereocenters. The third-order valence-electron chi connectivity index (χ3n) is 1.62. The minimum absolute atomic E-state index is 0.657. The first kappa shape index (κ1) is 14.3. The molecule has 0 unspecified atom stereocenters. The van der Waals surface area contributed by atoms with E-state index in [1.807, 2.05) is 6.92 Å². The molecule has 0 aliphatic heterocycles. The molecule has 0 amide bonds. The SMILES string of the molecule is CCCCOP(OCC)OCCCC. The smallest absolute Gasteiger partial charge is 0.313 e. The van der Waals surface area contributed by atoms with E-state index in [0.717, 1.165) is 38.9 Å². The zero-order valence-electron chi connectivity index (χ0n) is 9.62. The lowest BCUT2D eigenvalue weighted by Crippen LogP contribution is -1.98. The highest BCUT2D eigenvalue weighted by atomic mass is 31.2. The van der Waals surface area contributed by atoms with E-state index in [9.17, 15) is 0 Å². The molecule has 0 aromatic carbocycles. The maximum absolute atomic E-state index is 5.49. The first-order chi connectivity index (χ1) is 6.85. The molecule has 0 spiro atoms. The zero-order chi connectivity index (χ0) is 10.6. The molecular weight excluding hydrogens is 199 g/mol. The molecule has 0 aliphatic rings. The van der Waals surface area contributed by atoms with Gasteiger partial charge < -0.3 is 13.6 Å². The van der Waals surface area contributed by atoms with E-state index in [0.29, 0.717) is 6.61 Å². The van der Waals surface area contributed by atoms with Crippen LogP contribution in [-0.2, 0) is 13.6 Å². The molecule has 0 saturated carbocycles. The fourth-order valence-corrected chi connectivity index (χ4v) is 1.77. The Balaban J connectivity index is 3.44. The van der Waals surface area contributed by atoms with Gasteiger partial charge in [-0.3, -0.25) is 0 Å². The number of rotatable bonds is 10. The second kappa shape index (κ2) is 11.4. The van der Waals surface area contributed by atoms with E-state index >= 15 is 0 Å². The highest BCUT2D eigenvalue weighted by molar-refractivity contribution is 7.41. The lowest BCUT2D eigenvalue weighted by molar-refractivity contribution is 0.162. The monoisotopic (exact) mass is 222 g/mol. The van der Waals surface area contributed by atoms with Crippen molar-refractivity contribution in [3.05, 3.63) is 0 Å². The third-order valence-corrected chi connectivity index (χ3v) is 2.88. The minimum Gasteiger partial charge on any atom is -0.313 e. The van der Waals surface area contributed by atoms with Crippen LogP contribution < -0.4 is 0 Å². The molecule has 0 saturated heterocycles. The van der Waals surface area contributed by atoms with Gasteiger partial charge in [0.05, 0.1) is 19.8 Å². The summed E-state index contributed by atoms with van der Waals surface area (Å²) in [5.41, 5.74) is 0. The highest BCUT2D eigenvalue weighted by Gasteiger charge is 2.10. The third kappa shape index (κ3) is 8.89. The van der Waals surface area contributed by atoms with Crippen molar-refractivity contribution >= 4 is 8.60 Å². The quantitative estimate of drug-likeness (QED) is 0.414. The molecule has 0 aliphatic carbocycles. The second-order valence-corrected chi connectivity index (χ2v) is 4.24. The Morgan fingerprint density at radius 1 is 0.786 bits per heavy atom. The van der Waals surface area contributed by atoms with E-state index in [4.69, 9.17) is 13.6 Å². The Bertz CT molecular complexity index is 102. The summed E-state index contributed by atoms with van der Waals surface area (Å²) in [4.78, 5) is 0. The zero-order valence-corrected chi connectivity index (χ0v) is 10.5. The molecule has 3 nitrogen and oxygen atoms in total. The summed E-state index contributed by atoms with van der Waals surface area (Å²) in [7, 11) is -1.08. The van der Waals surface area contributed by atoms with Gasteiger partial charge in [0.1, 0.15) is 0 Å². The van der Waals surface area contributed by atoms with Crippen LogP contribution in [0.5, 0.6) is 0 Å². The van der Waals surface area contributed by atoms with Crippen LogP contribution in [0.3, 0.4) is 0 Å². The second-order valence-electron chi connectivity index (χ2n) is 3.01. The Hall–Kier alpha value is 0.310. The van der Waals surface area contributed by atoms with E-state index in [1.165, 1.54) is 0 Å². The van der Waals surface area contributed by atoms with Gasteiger partial charge in [0.15, 0.2) is 0 Å².